The minimum Gasteiger partial charge on any atom is -0.309 e. The summed E-state index contributed by atoms with van der Waals surface area (Å²) >= 11 is 0. The van der Waals surface area contributed by atoms with Gasteiger partial charge in [-0.3, -0.25) is 0 Å². The van der Waals surface area contributed by atoms with Gasteiger partial charge in [0.1, 0.15) is 0 Å². The van der Waals surface area contributed by atoms with Crippen LogP contribution >= 0.6 is 0 Å². The lowest BCUT2D eigenvalue weighted by Gasteiger charge is -2.61. The maximum atomic E-state index is 2.66. The van der Waals surface area contributed by atoms with Gasteiger partial charge in [-0.1, -0.05) is 84.9 Å². The average Bonchev–Trinajstić information content (AvgIpc) is 3.49. The Bertz CT molecular complexity index is 1980. The van der Waals surface area contributed by atoms with Gasteiger partial charge < -0.3 is 4.57 Å². The number of hydrogen-bond acceptors (Lipinski definition) is 0. The van der Waals surface area contributed by atoms with Crippen LogP contribution < -0.4 is 0 Å². The molecule has 5 aromatic carbocycles. The number of hydrogen-bond donors (Lipinski definition) is 0. The third kappa shape index (κ3) is 2.87. The highest BCUT2D eigenvalue weighted by Gasteiger charge is 2.61. The van der Waals surface area contributed by atoms with E-state index in [1.165, 1.54) is 81.9 Å². The Labute approximate surface area is 241 Å². The molecule has 1 heterocycles. The first kappa shape index (κ1) is 22.6. The van der Waals surface area contributed by atoms with Crippen molar-refractivity contribution < 1.29 is 0 Å². The van der Waals surface area contributed by atoms with Crippen LogP contribution in [-0.4, -0.2) is 4.57 Å². The van der Waals surface area contributed by atoms with Crippen molar-refractivity contribution >= 4 is 21.8 Å². The first-order chi connectivity index (χ1) is 20.3. The molecule has 6 aromatic rings. The van der Waals surface area contributed by atoms with Gasteiger partial charge in [-0.05, 0) is 119 Å². The molecule has 1 heteroatoms. The molecule has 4 saturated carbocycles. The summed E-state index contributed by atoms with van der Waals surface area (Å²) in [6, 6.07) is 43.6. The molecule has 1 aromatic heterocycles. The van der Waals surface area contributed by atoms with Crippen LogP contribution in [0.1, 0.15) is 43.2 Å². The van der Waals surface area contributed by atoms with E-state index in [-0.39, 0.29) is 5.41 Å². The highest BCUT2D eigenvalue weighted by Crippen LogP contribution is 2.69. The summed E-state index contributed by atoms with van der Waals surface area (Å²) in [6.45, 7) is 0. The van der Waals surface area contributed by atoms with Gasteiger partial charge in [-0.25, -0.2) is 0 Å². The number of aromatic nitrogens is 1. The summed E-state index contributed by atoms with van der Waals surface area (Å²) in [5.41, 5.74) is 12.8. The van der Waals surface area contributed by atoms with E-state index in [0.29, 0.717) is 0 Å². The molecule has 41 heavy (non-hydrogen) atoms. The zero-order chi connectivity index (χ0) is 26.7. The van der Waals surface area contributed by atoms with Gasteiger partial charge in [0, 0.05) is 21.9 Å². The summed E-state index contributed by atoms with van der Waals surface area (Å²) in [5.74, 6) is 3.49. The van der Waals surface area contributed by atoms with Crippen molar-refractivity contribution in [1.82, 2.24) is 4.57 Å². The lowest BCUT2D eigenvalue weighted by Crippen LogP contribution is -2.55. The molecule has 1 nitrogen and oxygen atoms in total. The van der Waals surface area contributed by atoms with Crippen molar-refractivity contribution in [2.24, 2.45) is 23.7 Å². The van der Waals surface area contributed by atoms with E-state index < -0.39 is 0 Å². The summed E-state index contributed by atoms with van der Waals surface area (Å²) in [5, 5.41) is 2.77. The summed E-state index contributed by atoms with van der Waals surface area (Å²) in [6.07, 6.45) is 7.19. The summed E-state index contributed by atoms with van der Waals surface area (Å²) < 4.78 is 2.52. The zero-order valence-corrected chi connectivity index (χ0v) is 23.3. The van der Waals surface area contributed by atoms with Crippen LogP contribution in [0.5, 0.6) is 0 Å². The van der Waals surface area contributed by atoms with Crippen molar-refractivity contribution in [3.63, 3.8) is 0 Å². The molecule has 0 aliphatic heterocycles. The van der Waals surface area contributed by atoms with E-state index in [2.05, 4.69) is 120 Å². The minimum atomic E-state index is 0.198. The lowest BCUT2D eigenvalue weighted by molar-refractivity contribution is -0.0399. The second-order valence-electron chi connectivity index (χ2n) is 13.4. The second-order valence-corrected chi connectivity index (χ2v) is 13.4. The molecule has 0 N–H and O–H groups in total. The van der Waals surface area contributed by atoms with Gasteiger partial charge in [0.25, 0.3) is 0 Å². The van der Waals surface area contributed by atoms with Crippen LogP contribution in [0.4, 0.5) is 0 Å². The molecule has 0 amide bonds. The fourth-order valence-corrected chi connectivity index (χ4v) is 10.3. The van der Waals surface area contributed by atoms with E-state index in [9.17, 15) is 0 Å². The largest absolute Gasteiger partial charge is 0.309 e. The molecule has 198 valence electrons. The fraction of sp³-hybridized carbons (Fsp3) is 0.250. The van der Waals surface area contributed by atoms with Crippen LogP contribution in [0.3, 0.4) is 0 Å². The molecule has 0 unspecified atom stereocenters. The van der Waals surface area contributed by atoms with Gasteiger partial charge in [-0.2, -0.15) is 0 Å². The summed E-state index contributed by atoms with van der Waals surface area (Å²) in [7, 11) is 0. The standard InChI is InChI=1S/C40H33N/c1-2-9-27(10-3-1)28-11-8-12-31(22-28)41-38-16-7-5-14-33(38)35-23-37-34(24-39(35)41)32-13-4-6-15-36(32)40(37)29-18-25-17-26(20-29)21-30(40)19-25/h1-16,22-26,29-30H,17-21H2. The monoisotopic (exact) mass is 527 g/mol. The van der Waals surface area contributed by atoms with Crippen LogP contribution in [0, 0.1) is 23.7 Å². The highest BCUT2D eigenvalue weighted by atomic mass is 15.0. The van der Waals surface area contributed by atoms with E-state index in [0.717, 1.165) is 23.7 Å². The molecule has 5 aliphatic rings. The van der Waals surface area contributed by atoms with Crippen molar-refractivity contribution in [3.8, 4) is 27.9 Å². The number of benzene rings is 5. The van der Waals surface area contributed by atoms with Crippen molar-refractivity contribution in [2.45, 2.75) is 37.5 Å². The van der Waals surface area contributed by atoms with E-state index in [1.807, 2.05) is 0 Å². The van der Waals surface area contributed by atoms with Crippen molar-refractivity contribution in [2.75, 3.05) is 0 Å². The molecule has 4 bridgehead atoms. The average molecular weight is 528 g/mol. The fourth-order valence-electron chi connectivity index (χ4n) is 10.3. The first-order valence-corrected chi connectivity index (χ1v) is 15.6. The molecule has 0 atom stereocenters. The molecule has 0 saturated heterocycles. The van der Waals surface area contributed by atoms with Gasteiger partial charge >= 0.3 is 0 Å². The van der Waals surface area contributed by atoms with Crippen LogP contribution in [0.25, 0.3) is 49.7 Å². The quantitative estimate of drug-likeness (QED) is 0.211. The Hall–Kier alpha value is -4.10. The van der Waals surface area contributed by atoms with Crippen LogP contribution in [-0.2, 0) is 5.41 Å². The van der Waals surface area contributed by atoms with Crippen LogP contribution in [0.2, 0.25) is 0 Å². The first-order valence-electron chi connectivity index (χ1n) is 15.6. The van der Waals surface area contributed by atoms with E-state index in [1.54, 1.807) is 11.1 Å². The SMILES string of the molecule is c1ccc(-c2cccc(-n3c4ccccc4c4cc5c(cc43)-c3ccccc3C53C4CC5CC(C4)CC3C5)c2)cc1. The maximum Gasteiger partial charge on any atom is 0.0547 e. The minimum absolute atomic E-state index is 0.198. The normalized spacial score (nSPS) is 27.1. The predicted octanol–water partition coefficient (Wildman–Crippen LogP) is 10.2. The van der Waals surface area contributed by atoms with E-state index >= 15 is 0 Å². The number of para-hydroxylation sites is 1. The molecule has 1 spiro atoms. The highest BCUT2D eigenvalue weighted by molar-refractivity contribution is 6.11. The van der Waals surface area contributed by atoms with Gasteiger partial charge in [-0.15, -0.1) is 0 Å². The number of rotatable bonds is 2. The van der Waals surface area contributed by atoms with Gasteiger partial charge in [0.2, 0.25) is 0 Å². The maximum absolute atomic E-state index is 2.66. The van der Waals surface area contributed by atoms with Gasteiger partial charge in [0.05, 0.1) is 11.0 Å². The third-order valence-corrected chi connectivity index (χ3v) is 11.6. The van der Waals surface area contributed by atoms with Crippen LogP contribution in [0.15, 0.2) is 115 Å². The van der Waals surface area contributed by atoms with Gasteiger partial charge in [0.15, 0.2) is 0 Å². The number of nitrogens with zero attached hydrogens (tertiary/aromatic N) is 1. The van der Waals surface area contributed by atoms with E-state index in [4.69, 9.17) is 0 Å². The smallest absolute Gasteiger partial charge is 0.0547 e. The Morgan fingerprint density at radius 1 is 0.488 bits per heavy atom. The molecule has 5 aliphatic carbocycles. The topological polar surface area (TPSA) is 4.93 Å². The Balaban J connectivity index is 1.27. The molecular weight excluding hydrogens is 494 g/mol. The molecular formula is C40H33N. The molecule has 4 fully saturated rings. The zero-order valence-electron chi connectivity index (χ0n) is 23.3. The summed E-state index contributed by atoms with van der Waals surface area (Å²) in [4.78, 5) is 0. The Kier molecular flexibility index (Phi) is 4.41. The predicted molar refractivity (Wildman–Crippen MR) is 169 cm³/mol. The number of fused-ring (bicyclic) bond motifs is 6. The Morgan fingerprint density at radius 2 is 1.20 bits per heavy atom. The molecule has 11 rings (SSSR count). The Morgan fingerprint density at radius 3 is 2.02 bits per heavy atom. The third-order valence-electron chi connectivity index (χ3n) is 11.6. The second kappa shape index (κ2) is 8.01. The van der Waals surface area contributed by atoms with Crippen molar-refractivity contribution in [1.29, 1.82) is 0 Å². The lowest BCUT2D eigenvalue weighted by atomic mass is 9.43. The van der Waals surface area contributed by atoms with Crippen molar-refractivity contribution in [3.05, 3.63) is 126 Å². The molecule has 0 radical (unpaired) electrons.